The zero-order chi connectivity index (χ0) is 12.5. The van der Waals surface area contributed by atoms with Crippen LogP contribution < -0.4 is 0 Å². The van der Waals surface area contributed by atoms with E-state index >= 15 is 0 Å². The maximum atomic E-state index is 11.6. The van der Waals surface area contributed by atoms with Crippen molar-refractivity contribution in [2.24, 2.45) is 0 Å². The van der Waals surface area contributed by atoms with Crippen LogP contribution in [0.1, 0.15) is 37.8 Å². The van der Waals surface area contributed by atoms with Gasteiger partial charge in [-0.3, -0.25) is 14.6 Å². The number of aromatic nitrogens is 1. The summed E-state index contributed by atoms with van der Waals surface area (Å²) in [5, 5.41) is 8.44. The van der Waals surface area contributed by atoms with Crippen LogP contribution >= 0.6 is 0 Å². The maximum Gasteiger partial charge on any atom is 0.303 e. The van der Waals surface area contributed by atoms with Gasteiger partial charge in [-0.1, -0.05) is 12.5 Å². The number of unbranched alkanes of at least 4 members (excludes halogenated alkanes) is 2. The molecule has 0 aliphatic carbocycles. The fourth-order valence-electron chi connectivity index (χ4n) is 1.57. The Morgan fingerprint density at radius 1 is 1.12 bits per heavy atom. The van der Waals surface area contributed by atoms with Gasteiger partial charge in [0, 0.05) is 31.2 Å². The largest absolute Gasteiger partial charge is 0.481 e. The predicted octanol–water partition coefficient (Wildman–Crippen LogP) is 2.23. The highest BCUT2D eigenvalue weighted by molar-refractivity contribution is 5.80. The van der Waals surface area contributed by atoms with Crippen molar-refractivity contribution in [2.75, 3.05) is 0 Å². The maximum absolute atomic E-state index is 11.6. The Bertz CT molecular complexity index is 362. The molecule has 0 saturated carbocycles. The third-order valence-corrected chi connectivity index (χ3v) is 2.45. The van der Waals surface area contributed by atoms with Crippen molar-refractivity contribution in [3.63, 3.8) is 0 Å². The minimum Gasteiger partial charge on any atom is -0.481 e. The molecule has 4 heteroatoms. The van der Waals surface area contributed by atoms with Crippen molar-refractivity contribution in [1.29, 1.82) is 0 Å². The molecule has 0 bridgehead atoms. The summed E-state index contributed by atoms with van der Waals surface area (Å²) in [5.74, 6) is -0.608. The number of carboxylic acids is 1. The Hall–Kier alpha value is -1.71. The Kier molecular flexibility index (Phi) is 5.93. The van der Waals surface area contributed by atoms with E-state index in [2.05, 4.69) is 4.98 Å². The summed E-state index contributed by atoms with van der Waals surface area (Å²) in [4.78, 5) is 25.9. The van der Waals surface area contributed by atoms with Crippen LogP contribution in [-0.4, -0.2) is 21.8 Å². The number of carboxylic acid groups (broad SMARTS) is 1. The Balaban J connectivity index is 2.12. The summed E-state index contributed by atoms with van der Waals surface area (Å²) in [6.45, 7) is 0. The summed E-state index contributed by atoms with van der Waals surface area (Å²) in [6, 6.07) is 5.52. The molecule has 0 aliphatic heterocycles. The molecule has 0 atom stereocenters. The second-order valence-electron chi connectivity index (χ2n) is 3.99. The molecule has 0 amide bonds. The third-order valence-electron chi connectivity index (χ3n) is 2.45. The van der Waals surface area contributed by atoms with Crippen molar-refractivity contribution < 1.29 is 14.7 Å². The normalized spacial score (nSPS) is 10.1. The lowest BCUT2D eigenvalue weighted by molar-refractivity contribution is -0.137. The zero-order valence-electron chi connectivity index (χ0n) is 9.76. The number of rotatable bonds is 8. The Morgan fingerprint density at radius 3 is 2.53 bits per heavy atom. The fourth-order valence-corrected chi connectivity index (χ4v) is 1.57. The van der Waals surface area contributed by atoms with Crippen LogP contribution in [0, 0.1) is 0 Å². The van der Waals surface area contributed by atoms with Gasteiger partial charge in [0.15, 0.2) is 0 Å². The monoisotopic (exact) mass is 235 g/mol. The number of nitrogens with zero attached hydrogens (tertiary/aromatic N) is 1. The lowest BCUT2D eigenvalue weighted by Gasteiger charge is -2.00. The van der Waals surface area contributed by atoms with Crippen LogP contribution in [0.15, 0.2) is 24.4 Å². The van der Waals surface area contributed by atoms with E-state index in [0.717, 1.165) is 18.5 Å². The minimum atomic E-state index is -0.773. The highest BCUT2D eigenvalue weighted by Crippen LogP contribution is 2.06. The summed E-state index contributed by atoms with van der Waals surface area (Å²) in [5.41, 5.74) is 0.794. The molecule has 1 aromatic rings. The van der Waals surface area contributed by atoms with Crippen LogP contribution in [0.2, 0.25) is 0 Å². The van der Waals surface area contributed by atoms with E-state index in [-0.39, 0.29) is 12.2 Å². The van der Waals surface area contributed by atoms with E-state index in [9.17, 15) is 9.59 Å². The van der Waals surface area contributed by atoms with Crippen LogP contribution in [0.5, 0.6) is 0 Å². The molecular weight excluding hydrogens is 218 g/mol. The average molecular weight is 235 g/mol. The van der Waals surface area contributed by atoms with Gasteiger partial charge in [0.05, 0.1) is 0 Å². The van der Waals surface area contributed by atoms with Crippen molar-refractivity contribution in [2.45, 2.75) is 38.5 Å². The molecule has 17 heavy (non-hydrogen) atoms. The van der Waals surface area contributed by atoms with E-state index < -0.39 is 5.97 Å². The molecule has 0 unspecified atom stereocenters. The van der Waals surface area contributed by atoms with E-state index in [4.69, 9.17) is 5.11 Å². The number of aliphatic carboxylic acids is 1. The fraction of sp³-hybridized carbons (Fsp3) is 0.462. The summed E-state index contributed by atoms with van der Waals surface area (Å²) < 4.78 is 0. The smallest absolute Gasteiger partial charge is 0.303 e. The van der Waals surface area contributed by atoms with Gasteiger partial charge in [-0.05, 0) is 25.0 Å². The molecule has 0 fully saturated rings. The van der Waals surface area contributed by atoms with Crippen LogP contribution in [0.25, 0.3) is 0 Å². The van der Waals surface area contributed by atoms with Gasteiger partial charge in [-0.25, -0.2) is 0 Å². The second kappa shape index (κ2) is 7.54. The number of carbonyl (C=O) groups excluding carboxylic acids is 1. The molecule has 0 aromatic carbocycles. The van der Waals surface area contributed by atoms with Gasteiger partial charge in [-0.15, -0.1) is 0 Å². The topological polar surface area (TPSA) is 67.3 Å². The van der Waals surface area contributed by atoms with Gasteiger partial charge in [0.2, 0.25) is 0 Å². The lowest BCUT2D eigenvalue weighted by atomic mass is 10.1. The Morgan fingerprint density at radius 2 is 1.88 bits per heavy atom. The summed E-state index contributed by atoms with van der Waals surface area (Å²) in [7, 11) is 0. The number of ketones is 1. The van der Waals surface area contributed by atoms with Gasteiger partial charge in [-0.2, -0.15) is 0 Å². The van der Waals surface area contributed by atoms with E-state index in [1.807, 2.05) is 18.2 Å². The van der Waals surface area contributed by atoms with Crippen molar-refractivity contribution in [1.82, 2.24) is 4.98 Å². The number of pyridine rings is 1. The quantitative estimate of drug-likeness (QED) is 0.701. The second-order valence-corrected chi connectivity index (χ2v) is 3.99. The number of carbonyl (C=O) groups is 2. The molecule has 1 aromatic heterocycles. The SMILES string of the molecule is O=C(O)CCCCCC(=O)Cc1ccccn1. The first-order chi connectivity index (χ1) is 8.18. The van der Waals surface area contributed by atoms with Crippen LogP contribution in [0.3, 0.4) is 0 Å². The van der Waals surface area contributed by atoms with Crippen molar-refractivity contribution >= 4 is 11.8 Å². The van der Waals surface area contributed by atoms with Gasteiger partial charge in [0.1, 0.15) is 5.78 Å². The molecule has 0 spiro atoms. The molecular formula is C13H17NO3. The lowest BCUT2D eigenvalue weighted by Crippen LogP contribution is -2.04. The summed E-state index contributed by atoms with van der Waals surface area (Å²) in [6.07, 6.45) is 4.95. The first-order valence-electron chi connectivity index (χ1n) is 5.82. The molecule has 1 rings (SSSR count). The van der Waals surface area contributed by atoms with Crippen LogP contribution in [-0.2, 0) is 16.0 Å². The highest BCUT2D eigenvalue weighted by atomic mass is 16.4. The first-order valence-corrected chi connectivity index (χ1v) is 5.82. The predicted molar refractivity (Wildman–Crippen MR) is 63.7 cm³/mol. The minimum absolute atomic E-state index is 0.166. The molecule has 0 aliphatic rings. The first kappa shape index (κ1) is 13.4. The molecule has 92 valence electrons. The van der Waals surface area contributed by atoms with Crippen molar-refractivity contribution in [3.05, 3.63) is 30.1 Å². The van der Waals surface area contributed by atoms with E-state index in [0.29, 0.717) is 19.3 Å². The Labute approximate surface area is 101 Å². The number of Topliss-reactive ketones (excluding diaryl/α,β-unsaturated/α-hetero) is 1. The molecule has 1 heterocycles. The van der Waals surface area contributed by atoms with E-state index in [1.165, 1.54) is 0 Å². The van der Waals surface area contributed by atoms with E-state index in [1.54, 1.807) is 6.20 Å². The number of hydrogen-bond acceptors (Lipinski definition) is 3. The molecule has 0 radical (unpaired) electrons. The van der Waals surface area contributed by atoms with Gasteiger partial charge in [0.25, 0.3) is 0 Å². The van der Waals surface area contributed by atoms with Gasteiger partial charge >= 0.3 is 5.97 Å². The average Bonchev–Trinajstić information content (AvgIpc) is 2.29. The summed E-state index contributed by atoms with van der Waals surface area (Å²) >= 11 is 0. The number of hydrogen-bond donors (Lipinski definition) is 1. The third kappa shape index (κ3) is 6.45. The molecule has 1 N–H and O–H groups in total. The van der Waals surface area contributed by atoms with Crippen LogP contribution in [0.4, 0.5) is 0 Å². The van der Waals surface area contributed by atoms with Gasteiger partial charge < -0.3 is 5.11 Å². The molecule has 0 saturated heterocycles. The highest BCUT2D eigenvalue weighted by Gasteiger charge is 2.04. The standard InChI is InChI=1S/C13H17NO3/c15-12(7-2-1-3-8-13(16)17)10-11-6-4-5-9-14-11/h4-6,9H,1-3,7-8,10H2,(H,16,17). The molecule has 4 nitrogen and oxygen atoms in total. The zero-order valence-corrected chi connectivity index (χ0v) is 9.76. The van der Waals surface area contributed by atoms with Crippen molar-refractivity contribution in [3.8, 4) is 0 Å².